The van der Waals surface area contributed by atoms with Gasteiger partial charge in [0.2, 0.25) is 5.91 Å². The van der Waals surface area contributed by atoms with Crippen LogP contribution in [-0.2, 0) is 11.8 Å². The van der Waals surface area contributed by atoms with Crippen molar-refractivity contribution in [2.24, 2.45) is 7.05 Å². The molecule has 0 unspecified atom stereocenters. The third kappa shape index (κ3) is 2.66. The van der Waals surface area contributed by atoms with Gasteiger partial charge in [0.15, 0.2) is 0 Å². The first kappa shape index (κ1) is 14.1. The summed E-state index contributed by atoms with van der Waals surface area (Å²) in [5, 5.41) is 10.8. The van der Waals surface area contributed by atoms with Gasteiger partial charge >= 0.3 is 0 Å². The molecule has 5 nitrogen and oxygen atoms in total. The van der Waals surface area contributed by atoms with E-state index in [0.717, 1.165) is 37.1 Å². The zero-order chi connectivity index (χ0) is 14.0. The van der Waals surface area contributed by atoms with E-state index in [-0.39, 0.29) is 17.5 Å². The molecule has 1 aromatic heterocycles. The number of aromatic nitrogens is 2. The molecule has 1 aliphatic heterocycles. The Morgan fingerprint density at radius 2 is 2.42 bits per heavy atom. The van der Waals surface area contributed by atoms with Crippen LogP contribution in [0, 0.1) is 6.92 Å². The highest BCUT2D eigenvalue weighted by Gasteiger charge is 2.39. The van der Waals surface area contributed by atoms with Gasteiger partial charge in [0.05, 0.1) is 17.3 Å². The van der Waals surface area contributed by atoms with E-state index in [1.807, 2.05) is 27.1 Å². The average molecular weight is 264 g/mol. The second-order valence-electron chi connectivity index (χ2n) is 5.50. The lowest BCUT2D eigenvalue weighted by Gasteiger charge is -2.28. The average Bonchev–Trinajstić information content (AvgIpc) is 2.96. The number of carbonyl (C=O) groups excluding carboxylic acids is 1. The van der Waals surface area contributed by atoms with Crippen molar-refractivity contribution in [2.45, 2.75) is 51.6 Å². The molecule has 0 aliphatic carbocycles. The molecule has 2 heterocycles. The van der Waals surface area contributed by atoms with Crippen LogP contribution in [-0.4, -0.2) is 27.8 Å². The van der Waals surface area contributed by atoms with Crippen LogP contribution in [0.15, 0.2) is 6.20 Å². The molecular formula is C14H24N4O. The highest BCUT2D eigenvalue weighted by Crippen LogP contribution is 2.25. The molecule has 2 atom stereocenters. The van der Waals surface area contributed by atoms with Crippen molar-refractivity contribution in [3.63, 3.8) is 0 Å². The zero-order valence-corrected chi connectivity index (χ0v) is 12.3. The van der Waals surface area contributed by atoms with Crippen molar-refractivity contribution in [3.8, 4) is 0 Å². The Hall–Kier alpha value is -1.36. The van der Waals surface area contributed by atoms with Crippen molar-refractivity contribution in [2.75, 3.05) is 6.54 Å². The van der Waals surface area contributed by atoms with Crippen LogP contribution >= 0.6 is 0 Å². The smallest absolute Gasteiger partial charge is 0.240 e. The summed E-state index contributed by atoms with van der Waals surface area (Å²) in [6.07, 6.45) is 4.80. The molecular weight excluding hydrogens is 240 g/mol. The third-order valence-corrected chi connectivity index (χ3v) is 4.15. The summed E-state index contributed by atoms with van der Waals surface area (Å²) < 4.78 is 1.79. The van der Waals surface area contributed by atoms with Crippen LogP contribution in [0.3, 0.4) is 0 Å². The van der Waals surface area contributed by atoms with Gasteiger partial charge in [0.25, 0.3) is 0 Å². The maximum atomic E-state index is 12.5. The fourth-order valence-corrected chi connectivity index (χ4v) is 2.92. The summed E-state index contributed by atoms with van der Waals surface area (Å²) in [5.41, 5.74) is 1.69. The fourth-order valence-electron chi connectivity index (χ4n) is 2.92. The van der Waals surface area contributed by atoms with E-state index < -0.39 is 0 Å². The van der Waals surface area contributed by atoms with E-state index in [9.17, 15) is 4.79 Å². The second kappa shape index (κ2) is 5.33. The molecule has 1 saturated heterocycles. The monoisotopic (exact) mass is 264 g/mol. The maximum absolute atomic E-state index is 12.5. The number of hydrogen-bond donors (Lipinski definition) is 2. The Morgan fingerprint density at radius 3 is 2.89 bits per heavy atom. The summed E-state index contributed by atoms with van der Waals surface area (Å²) in [6.45, 7) is 6.99. The van der Waals surface area contributed by atoms with Gasteiger partial charge in [-0.15, -0.1) is 0 Å². The number of nitrogens with one attached hydrogen (secondary N) is 2. The number of rotatable bonds is 4. The summed E-state index contributed by atoms with van der Waals surface area (Å²) in [5.74, 6) is 0.114. The van der Waals surface area contributed by atoms with E-state index in [0.29, 0.717) is 0 Å². The Labute approximate surface area is 114 Å². The molecule has 0 aromatic carbocycles. The molecule has 0 spiro atoms. The maximum Gasteiger partial charge on any atom is 0.240 e. The van der Waals surface area contributed by atoms with Gasteiger partial charge in [-0.05, 0) is 39.7 Å². The molecule has 1 amide bonds. The first-order chi connectivity index (χ1) is 8.98. The predicted octanol–water partition coefficient (Wildman–Crippen LogP) is 1.44. The highest BCUT2D eigenvalue weighted by molar-refractivity contribution is 5.87. The summed E-state index contributed by atoms with van der Waals surface area (Å²) in [6, 6.07) is -0.00738. The zero-order valence-electron chi connectivity index (χ0n) is 12.3. The van der Waals surface area contributed by atoms with Crippen molar-refractivity contribution in [1.82, 2.24) is 20.4 Å². The minimum atomic E-state index is -0.371. The lowest BCUT2D eigenvalue weighted by atomic mass is 9.92. The van der Waals surface area contributed by atoms with Crippen molar-refractivity contribution in [1.29, 1.82) is 0 Å². The summed E-state index contributed by atoms with van der Waals surface area (Å²) in [7, 11) is 1.90. The highest BCUT2D eigenvalue weighted by atomic mass is 16.2. The molecule has 0 saturated carbocycles. The largest absolute Gasteiger partial charge is 0.348 e. The third-order valence-electron chi connectivity index (χ3n) is 4.15. The van der Waals surface area contributed by atoms with E-state index in [4.69, 9.17) is 0 Å². The van der Waals surface area contributed by atoms with Gasteiger partial charge in [0, 0.05) is 18.8 Å². The summed E-state index contributed by atoms with van der Waals surface area (Å²) in [4.78, 5) is 12.5. The van der Waals surface area contributed by atoms with Crippen LogP contribution in [0.1, 0.15) is 50.4 Å². The van der Waals surface area contributed by atoms with Crippen LogP contribution in [0.25, 0.3) is 0 Å². The van der Waals surface area contributed by atoms with Crippen LogP contribution < -0.4 is 10.6 Å². The SMILES string of the molecule is CC[C@@]1(C(=O)N[C@H](C)c2cn(C)nc2C)CCCN1. The number of hydrogen-bond acceptors (Lipinski definition) is 3. The van der Waals surface area contributed by atoms with E-state index in [1.54, 1.807) is 4.68 Å². The van der Waals surface area contributed by atoms with Gasteiger partial charge in [-0.3, -0.25) is 9.48 Å². The quantitative estimate of drug-likeness (QED) is 0.865. The predicted molar refractivity (Wildman–Crippen MR) is 74.8 cm³/mol. The number of nitrogens with zero attached hydrogens (tertiary/aromatic N) is 2. The standard InChI is InChI=1S/C14H24N4O/c1-5-14(7-6-8-15-14)13(19)16-10(2)12-9-18(4)17-11(12)3/h9-10,15H,5-8H2,1-4H3,(H,16,19)/t10-,14+/m1/s1. The topological polar surface area (TPSA) is 59.0 Å². The van der Waals surface area contributed by atoms with Gasteiger partial charge in [-0.1, -0.05) is 6.92 Å². The minimum Gasteiger partial charge on any atom is -0.348 e. The van der Waals surface area contributed by atoms with E-state index >= 15 is 0 Å². The summed E-state index contributed by atoms with van der Waals surface area (Å²) >= 11 is 0. The molecule has 2 rings (SSSR count). The van der Waals surface area contributed by atoms with Gasteiger partial charge in [0.1, 0.15) is 0 Å². The van der Waals surface area contributed by atoms with E-state index in [2.05, 4.69) is 22.7 Å². The molecule has 5 heteroatoms. The van der Waals surface area contributed by atoms with Crippen molar-refractivity contribution in [3.05, 3.63) is 17.5 Å². The Balaban J connectivity index is 2.08. The Bertz CT molecular complexity index is 460. The van der Waals surface area contributed by atoms with Gasteiger partial charge in [-0.25, -0.2) is 0 Å². The fraction of sp³-hybridized carbons (Fsp3) is 0.714. The first-order valence-electron chi connectivity index (χ1n) is 7.04. The van der Waals surface area contributed by atoms with E-state index in [1.165, 1.54) is 0 Å². The first-order valence-corrected chi connectivity index (χ1v) is 7.04. The normalized spacial score (nSPS) is 24.4. The van der Waals surface area contributed by atoms with Crippen molar-refractivity contribution >= 4 is 5.91 Å². The molecule has 1 aromatic rings. The molecule has 1 fully saturated rings. The lowest BCUT2D eigenvalue weighted by molar-refractivity contribution is -0.128. The molecule has 0 bridgehead atoms. The molecule has 1 aliphatic rings. The molecule has 106 valence electrons. The van der Waals surface area contributed by atoms with Crippen LogP contribution in [0.4, 0.5) is 0 Å². The lowest BCUT2D eigenvalue weighted by Crippen LogP contribution is -2.53. The number of amides is 1. The molecule has 2 N–H and O–H groups in total. The number of carbonyl (C=O) groups is 1. The minimum absolute atomic E-state index is 0.00738. The van der Waals surface area contributed by atoms with Gasteiger partial charge in [-0.2, -0.15) is 5.10 Å². The van der Waals surface area contributed by atoms with Crippen LogP contribution in [0.5, 0.6) is 0 Å². The second-order valence-corrected chi connectivity index (χ2v) is 5.50. The Morgan fingerprint density at radius 1 is 1.68 bits per heavy atom. The van der Waals surface area contributed by atoms with Crippen LogP contribution in [0.2, 0.25) is 0 Å². The van der Waals surface area contributed by atoms with Crippen molar-refractivity contribution < 1.29 is 4.79 Å². The number of aryl methyl sites for hydroxylation is 2. The van der Waals surface area contributed by atoms with Gasteiger partial charge < -0.3 is 10.6 Å². The molecule has 0 radical (unpaired) electrons. The Kier molecular flexibility index (Phi) is 3.94. The molecule has 19 heavy (non-hydrogen) atoms.